The van der Waals surface area contributed by atoms with E-state index in [0.29, 0.717) is 5.70 Å². The molecule has 0 fully saturated rings. The van der Waals surface area contributed by atoms with Crippen LogP contribution < -0.4 is 0 Å². The standard InChI is InChI=1S/C21H29NO4/c1-14-9-11-15(12-10-14)16(21(2,3)4)13-17(22(5)6)18(19(23)25-7)20(24)26-8/h9-13H,1-8H3/b16-13+. The number of benzene rings is 1. The third kappa shape index (κ3) is 5.22. The van der Waals surface area contributed by atoms with Crippen LogP contribution in [-0.2, 0) is 19.1 Å². The van der Waals surface area contributed by atoms with Crippen molar-refractivity contribution in [2.75, 3.05) is 28.3 Å². The monoisotopic (exact) mass is 359 g/mol. The highest BCUT2D eigenvalue weighted by Crippen LogP contribution is 2.36. The maximum atomic E-state index is 12.2. The Labute approximate surface area is 156 Å². The van der Waals surface area contributed by atoms with E-state index < -0.39 is 11.9 Å². The topological polar surface area (TPSA) is 55.8 Å². The van der Waals surface area contributed by atoms with Gasteiger partial charge in [-0.3, -0.25) is 0 Å². The van der Waals surface area contributed by atoms with Gasteiger partial charge in [0.15, 0.2) is 5.57 Å². The van der Waals surface area contributed by atoms with Gasteiger partial charge in [-0.05, 0) is 29.6 Å². The molecule has 1 aromatic carbocycles. The molecule has 0 unspecified atom stereocenters. The van der Waals surface area contributed by atoms with Crippen LogP contribution in [0.4, 0.5) is 0 Å². The Balaban J connectivity index is 3.76. The molecule has 0 N–H and O–H groups in total. The molecule has 0 aromatic heterocycles. The molecule has 0 radical (unpaired) electrons. The molecule has 0 aliphatic rings. The summed E-state index contributed by atoms with van der Waals surface area (Å²) in [7, 11) is 6.03. The molecular formula is C21H29NO4. The predicted molar refractivity (Wildman–Crippen MR) is 103 cm³/mol. The fraction of sp³-hybridized carbons (Fsp3) is 0.429. The number of aryl methyl sites for hydroxylation is 1. The molecule has 26 heavy (non-hydrogen) atoms. The van der Waals surface area contributed by atoms with Crippen LogP contribution in [0.1, 0.15) is 31.9 Å². The van der Waals surface area contributed by atoms with Crippen molar-refractivity contribution >= 4 is 17.5 Å². The van der Waals surface area contributed by atoms with Gasteiger partial charge >= 0.3 is 11.9 Å². The summed E-state index contributed by atoms with van der Waals surface area (Å²) in [6, 6.07) is 8.15. The zero-order valence-electron chi connectivity index (χ0n) is 17.0. The Kier molecular flexibility index (Phi) is 7.19. The fourth-order valence-electron chi connectivity index (χ4n) is 2.52. The van der Waals surface area contributed by atoms with Crippen LogP contribution in [0, 0.1) is 12.3 Å². The molecule has 142 valence electrons. The molecule has 0 aliphatic carbocycles. The van der Waals surface area contributed by atoms with E-state index in [4.69, 9.17) is 9.47 Å². The summed E-state index contributed by atoms with van der Waals surface area (Å²) in [5.41, 5.74) is 3.27. The molecular weight excluding hydrogens is 330 g/mol. The number of likely N-dealkylation sites (N-methyl/N-ethyl adjacent to an activating group) is 1. The van der Waals surface area contributed by atoms with Gasteiger partial charge in [-0.15, -0.1) is 0 Å². The zero-order valence-corrected chi connectivity index (χ0v) is 17.0. The van der Waals surface area contributed by atoms with Crippen LogP contribution >= 0.6 is 0 Å². The van der Waals surface area contributed by atoms with Crippen LogP contribution in [0.15, 0.2) is 41.6 Å². The molecule has 5 heteroatoms. The smallest absolute Gasteiger partial charge is 0.347 e. The molecule has 0 heterocycles. The number of esters is 2. The number of carbonyl (C=O) groups excluding carboxylic acids is 2. The van der Waals surface area contributed by atoms with Gasteiger partial charge in [0.25, 0.3) is 0 Å². The summed E-state index contributed by atoms with van der Waals surface area (Å²) in [5.74, 6) is -1.46. The summed E-state index contributed by atoms with van der Waals surface area (Å²) in [5, 5.41) is 0. The second-order valence-corrected chi connectivity index (χ2v) is 7.31. The van der Waals surface area contributed by atoms with Gasteiger partial charge in [-0.1, -0.05) is 50.6 Å². The Morgan fingerprint density at radius 2 is 1.42 bits per heavy atom. The van der Waals surface area contributed by atoms with Crippen LogP contribution in [0.25, 0.3) is 5.57 Å². The molecule has 0 atom stereocenters. The molecule has 0 saturated heterocycles. The molecule has 0 saturated carbocycles. The van der Waals surface area contributed by atoms with Gasteiger partial charge in [0.1, 0.15) is 0 Å². The van der Waals surface area contributed by atoms with E-state index in [2.05, 4.69) is 20.8 Å². The number of ether oxygens (including phenoxy) is 2. The zero-order chi connectivity index (χ0) is 20.1. The van der Waals surface area contributed by atoms with E-state index >= 15 is 0 Å². The second kappa shape index (κ2) is 8.70. The van der Waals surface area contributed by atoms with E-state index in [9.17, 15) is 9.59 Å². The first-order valence-corrected chi connectivity index (χ1v) is 8.40. The minimum Gasteiger partial charge on any atom is -0.465 e. The van der Waals surface area contributed by atoms with E-state index in [1.54, 1.807) is 19.0 Å². The number of rotatable bonds is 5. The largest absolute Gasteiger partial charge is 0.465 e. The SMILES string of the molecule is COC(=O)C(C(=O)OC)=C(/C=C(\c1ccc(C)cc1)C(C)(C)C)N(C)C. The summed E-state index contributed by atoms with van der Waals surface area (Å²) in [6.07, 6.45) is 1.86. The van der Waals surface area contributed by atoms with E-state index in [-0.39, 0.29) is 11.0 Å². The lowest BCUT2D eigenvalue weighted by Gasteiger charge is -2.26. The average molecular weight is 359 g/mol. The van der Waals surface area contributed by atoms with Gasteiger partial charge in [-0.2, -0.15) is 0 Å². The summed E-state index contributed by atoms with van der Waals surface area (Å²) >= 11 is 0. The first-order chi connectivity index (χ1) is 12.0. The highest BCUT2D eigenvalue weighted by atomic mass is 16.5. The lowest BCUT2D eigenvalue weighted by molar-refractivity contribution is -0.144. The number of carbonyl (C=O) groups is 2. The molecule has 5 nitrogen and oxygen atoms in total. The minimum absolute atomic E-state index is 0.131. The van der Waals surface area contributed by atoms with E-state index in [1.165, 1.54) is 14.2 Å². The van der Waals surface area contributed by atoms with Crippen molar-refractivity contribution in [3.05, 3.63) is 52.7 Å². The first-order valence-electron chi connectivity index (χ1n) is 8.40. The minimum atomic E-state index is -0.728. The maximum Gasteiger partial charge on any atom is 0.347 e. The van der Waals surface area contributed by atoms with E-state index in [1.807, 2.05) is 37.3 Å². The number of allylic oxidation sites excluding steroid dienone is 2. The number of methoxy groups -OCH3 is 2. The van der Waals surface area contributed by atoms with Gasteiger partial charge in [0, 0.05) is 14.1 Å². The van der Waals surface area contributed by atoms with Crippen molar-refractivity contribution in [1.29, 1.82) is 0 Å². The Morgan fingerprint density at radius 3 is 1.77 bits per heavy atom. The van der Waals surface area contributed by atoms with E-state index in [0.717, 1.165) is 16.7 Å². The summed E-state index contributed by atoms with van der Waals surface area (Å²) in [4.78, 5) is 26.2. The van der Waals surface area contributed by atoms with Crippen molar-refractivity contribution in [2.24, 2.45) is 5.41 Å². The normalized spacial score (nSPS) is 11.6. The first kappa shape index (κ1) is 21.5. The predicted octanol–water partition coefficient (Wildman–Crippen LogP) is 3.59. The Bertz CT molecular complexity index is 701. The van der Waals surface area contributed by atoms with Gasteiger partial charge in [-0.25, -0.2) is 9.59 Å². The molecule has 0 aliphatic heterocycles. The quantitative estimate of drug-likeness (QED) is 0.264. The number of hydrogen-bond acceptors (Lipinski definition) is 5. The highest BCUT2D eigenvalue weighted by Gasteiger charge is 2.27. The van der Waals surface area contributed by atoms with Crippen LogP contribution in [-0.4, -0.2) is 45.2 Å². The lowest BCUT2D eigenvalue weighted by atomic mass is 9.81. The molecule has 0 spiro atoms. The third-order valence-electron chi connectivity index (χ3n) is 3.97. The van der Waals surface area contributed by atoms with Crippen molar-refractivity contribution in [3.63, 3.8) is 0 Å². The van der Waals surface area contributed by atoms with Gasteiger partial charge in [0.2, 0.25) is 0 Å². The molecule has 1 rings (SSSR count). The highest BCUT2D eigenvalue weighted by molar-refractivity contribution is 6.15. The maximum absolute atomic E-state index is 12.2. The van der Waals surface area contributed by atoms with Gasteiger partial charge in [0.05, 0.1) is 19.9 Å². The summed E-state index contributed by atoms with van der Waals surface area (Å²) < 4.78 is 9.60. The van der Waals surface area contributed by atoms with Crippen LogP contribution in [0.3, 0.4) is 0 Å². The lowest BCUT2D eigenvalue weighted by Crippen LogP contribution is -2.24. The van der Waals surface area contributed by atoms with Gasteiger partial charge < -0.3 is 14.4 Å². The molecule has 0 bridgehead atoms. The van der Waals surface area contributed by atoms with Crippen molar-refractivity contribution < 1.29 is 19.1 Å². The number of hydrogen-bond donors (Lipinski definition) is 0. The van der Waals surface area contributed by atoms with Crippen molar-refractivity contribution in [2.45, 2.75) is 27.7 Å². The van der Waals surface area contributed by atoms with Crippen molar-refractivity contribution in [1.82, 2.24) is 4.90 Å². The fourth-order valence-corrected chi connectivity index (χ4v) is 2.52. The van der Waals surface area contributed by atoms with Crippen molar-refractivity contribution in [3.8, 4) is 0 Å². The van der Waals surface area contributed by atoms with Crippen LogP contribution in [0.2, 0.25) is 0 Å². The Morgan fingerprint density at radius 1 is 0.962 bits per heavy atom. The average Bonchev–Trinajstić information content (AvgIpc) is 2.57. The molecule has 1 aromatic rings. The Hall–Kier alpha value is -2.56. The summed E-state index contributed by atoms with van der Waals surface area (Å²) in [6.45, 7) is 8.29. The van der Waals surface area contributed by atoms with Crippen LogP contribution in [0.5, 0.6) is 0 Å². The number of nitrogens with zero attached hydrogens (tertiary/aromatic N) is 1. The molecule has 0 amide bonds. The second-order valence-electron chi connectivity index (χ2n) is 7.31. The third-order valence-corrected chi connectivity index (χ3v) is 3.97.